The Labute approximate surface area is 214 Å². The third kappa shape index (κ3) is 5.21. The van der Waals surface area contributed by atoms with E-state index < -0.39 is 6.67 Å². The fourth-order valence-corrected chi connectivity index (χ4v) is 4.78. The summed E-state index contributed by atoms with van der Waals surface area (Å²) >= 11 is 3.63. The van der Waals surface area contributed by atoms with Crippen LogP contribution in [0.2, 0.25) is 0 Å². The van der Waals surface area contributed by atoms with Gasteiger partial charge >= 0.3 is 0 Å². The van der Waals surface area contributed by atoms with Gasteiger partial charge in [-0.2, -0.15) is 0 Å². The second kappa shape index (κ2) is 10.7. The van der Waals surface area contributed by atoms with Gasteiger partial charge in [-0.3, -0.25) is 0 Å². The molecule has 172 valence electrons. The van der Waals surface area contributed by atoms with Crippen LogP contribution in [0.3, 0.4) is 0 Å². The fourth-order valence-electron chi connectivity index (χ4n) is 4.29. The van der Waals surface area contributed by atoms with Crippen LogP contribution < -0.4 is 4.90 Å². The monoisotopic (exact) mass is 521 g/mol. The summed E-state index contributed by atoms with van der Waals surface area (Å²) in [5.74, 6) is 0. The molecule has 0 aliphatic rings. The van der Waals surface area contributed by atoms with E-state index in [1.165, 1.54) is 22.3 Å². The number of nitrogens with zero attached hydrogens (tertiary/aromatic N) is 1. The third-order valence-electron chi connectivity index (χ3n) is 6.20. The van der Waals surface area contributed by atoms with E-state index in [0.29, 0.717) is 12.1 Å². The Hall–Kier alpha value is -3.69. The van der Waals surface area contributed by atoms with Gasteiger partial charge in [0.25, 0.3) is 0 Å². The average Bonchev–Trinajstić information content (AvgIpc) is 2.94. The quantitative estimate of drug-likeness (QED) is 0.206. The van der Waals surface area contributed by atoms with Crippen molar-refractivity contribution in [2.24, 2.45) is 0 Å². The standard InChI is InChI=1S/C32H25BrFN/c33-32-28(22-34)12-7-13-29(32)23-35(30-18-14-26(15-19-30)24-8-3-1-4-9-24)31-20-16-27(17-21-31)25-10-5-2-6-11-25/h1-21H,22-23H2. The van der Waals surface area contributed by atoms with Crippen LogP contribution in [-0.4, -0.2) is 0 Å². The molecule has 0 aliphatic heterocycles. The minimum Gasteiger partial charge on any atom is -0.337 e. The molecule has 5 rings (SSSR count). The second-order valence-corrected chi connectivity index (χ2v) is 9.23. The van der Waals surface area contributed by atoms with Gasteiger partial charge in [0.15, 0.2) is 0 Å². The summed E-state index contributed by atoms with van der Waals surface area (Å²) in [4.78, 5) is 2.27. The summed E-state index contributed by atoms with van der Waals surface area (Å²) < 4.78 is 14.3. The van der Waals surface area contributed by atoms with Gasteiger partial charge in [-0.05, 0) is 57.6 Å². The molecule has 0 unspecified atom stereocenters. The van der Waals surface area contributed by atoms with Gasteiger partial charge in [0, 0.05) is 22.4 Å². The van der Waals surface area contributed by atoms with Crippen LogP contribution in [0.25, 0.3) is 22.3 Å². The van der Waals surface area contributed by atoms with Crippen LogP contribution in [0.5, 0.6) is 0 Å². The highest BCUT2D eigenvalue weighted by Gasteiger charge is 2.14. The van der Waals surface area contributed by atoms with E-state index in [1.807, 2.05) is 30.3 Å². The first-order valence-corrected chi connectivity index (χ1v) is 12.4. The fraction of sp³-hybridized carbons (Fsp3) is 0.0625. The summed E-state index contributed by atoms with van der Waals surface area (Å²) in [6, 6.07) is 43.8. The van der Waals surface area contributed by atoms with E-state index in [9.17, 15) is 4.39 Å². The Morgan fingerprint density at radius 3 is 1.37 bits per heavy atom. The predicted octanol–water partition coefficient (Wildman–Crippen LogP) is 9.59. The van der Waals surface area contributed by atoms with Crippen LogP contribution >= 0.6 is 15.9 Å². The zero-order chi connectivity index (χ0) is 24.0. The van der Waals surface area contributed by atoms with Gasteiger partial charge in [0.2, 0.25) is 0 Å². The molecule has 0 radical (unpaired) electrons. The first-order chi connectivity index (χ1) is 17.2. The van der Waals surface area contributed by atoms with Gasteiger partial charge in [-0.25, -0.2) is 4.39 Å². The topological polar surface area (TPSA) is 3.24 Å². The lowest BCUT2D eigenvalue weighted by molar-refractivity contribution is 0.483. The highest BCUT2D eigenvalue weighted by atomic mass is 79.9. The molecule has 0 aromatic heterocycles. The van der Waals surface area contributed by atoms with E-state index >= 15 is 0 Å². The molecule has 0 fully saturated rings. The maximum Gasteiger partial charge on any atom is 0.116 e. The third-order valence-corrected chi connectivity index (χ3v) is 7.22. The molecule has 0 amide bonds. The van der Waals surface area contributed by atoms with Crippen molar-refractivity contribution in [3.05, 3.63) is 143 Å². The van der Waals surface area contributed by atoms with Gasteiger partial charge in [0.1, 0.15) is 6.67 Å². The Morgan fingerprint density at radius 1 is 0.486 bits per heavy atom. The Bertz CT molecular complexity index is 1300. The van der Waals surface area contributed by atoms with Crippen molar-refractivity contribution >= 4 is 27.3 Å². The minimum absolute atomic E-state index is 0.494. The Morgan fingerprint density at radius 2 is 0.914 bits per heavy atom. The zero-order valence-corrected chi connectivity index (χ0v) is 20.8. The van der Waals surface area contributed by atoms with Crippen molar-refractivity contribution in [2.45, 2.75) is 13.2 Å². The van der Waals surface area contributed by atoms with Crippen molar-refractivity contribution in [3.63, 3.8) is 0 Å². The zero-order valence-electron chi connectivity index (χ0n) is 19.2. The number of alkyl halides is 1. The lowest BCUT2D eigenvalue weighted by Crippen LogP contribution is -2.17. The highest BCUT2D eigenvalue weighted by Crippen LogP contribution is 2.34. The maximum atomic E-state index is 13.5. The number of rotatable bonds is 7. The molecule has 0 spiro atoms. The van der Waals surface area contributed by atoms with E-state index in [2.05, 4.69) is 118 Å². The summed E-state index contributed by atoms with van der Waals surface area (Å²) in [7, 11) is 0. The maximum absolute atomic E-state index is 13.5. The van der Waals surface area contributed by atoms with Gasteiger partial charge < -0.3 is 4.90 Å². The molecule has 0 heterocycles. The Kier molecular flexibility index (Phi) is 7.06. The number of benzene rings is 5. The van der Waals surface area contributed by atoms with Crippen LogP contribution in [0, 0.1) is 0 Å². The van der Waals surface area contributed by atoms with Crippen molar-refractivity contribution in [2.75, 3.05) is 4.90 Å². The number of hydrogen-bond acceptors (Lipinski definition) is 1. The van der Waals surface area contributed by atoms with E-state index in [-0.39, 0.29) is 0 Å². The van der Waals surface area contributed by atoms with Crippen molar-refractivity contribution in [1.82, 2.24) is 0 Å². The molecule has 3 heteroatoms. The van der Waals surface area contributed by atoms with Crippen molar-refractivity contribution in [3.8, 4) is 22.3 Å². The SMILES string of the molecule is FCc1cccc(CN(c2ccc(-c3ccccc3)cc2)c2ccc(-c3ccccc3)cc2)c1Br. The van der Waals surface area contributed by atoms with Crippen LogP contribution in [0.4, 0.5) is 15.8 Å². The number of hydrogen-bond donors (Lipinski definition) is 0. The number of halogens is 2. The molecular formula is C32H25BrFN. The first-order valence-electron chi connectivity index (χ1n) is 11.6. The lowest BCUT2D eigenvalue weighted by atomic mass is 10.0. The van der Waals surface area contributed by atoms with Gasteiger partial charge in [0.05, 0.1) is 0 Å². The van der Waals surface area contributed by atoms with Crippen LogP contribution in [0.15, 0.2) is 132 Å². The van der Waals surface area contributed by atoms with Crippen molar-refractivity contribution in [1.29, 1.82) is 0 Å². The molecule has 0 saturated heterocycles. The normalized spacial score (nSPS) is 10.8. The smallest absolute Gasteiger partial charge is 0.116 e. The molecule has 5 aromatic rings. The van der Waals surface area contributed by atoms with Gasteiger partial charge in [-0.15, -0.1) is 0 Å². The molecule has 1 nitrogen and oxygen atoms in total. The summed E-state index contributed by atoms with van der Waals surface area (Å²) in [5.41, 5.74) is 8.60. The average molecular weight is 522 g/mol. The highest BCUT2D eigenvalue weighted by molar-refractivity contribution is 9.10. The van der Waals surface area contributed by atoms with E-state index in [1.54, 1.807) is 0 Å². The largest absolute Gasteiger partial charge is 0.337 e. The molecule has 0 atom stereocenters. The lowest BCUT2D eigenvalue weighted by Gasteiger charge is -2.26. The molecular weight excluding hydrogens is 497 g/mol. The van der Waals surface area contributed by atoms with E-state index in [4.69, 9.17) is 0 Å². The van der Waals surface area contributed by atoms with Crippen LogP contribution in [0.1, 0.15) is 11.1 Å². The summed E-state index contributed by atoms with van der Waals surface area (Å²) in [5, 5.41) is 0. The molecule has 0 N–H and O–H groups in total. The van der Waals surface area contributed by atoms with Crippen LogP contribution in [-0.2, 0) is 13.2 Å². The molecule has 0 saturated carbocycles. The second-order valence-electron chi connectivity index (χ2n) is 8.44. The molecule has 35 heavy (non-hydrogen) atoms. The number of anilines is 2. The van der Waals surface area contributed by atoms with Crippen molar-refractivity contribution < 1.29 is 4.39 Å². The summed E-state index contributed by atoms with van der Waals surface area (Å²) in [6.45, 7) is 0.121. The Balaban J connectivity index is 1.52. The minimum atomic E-state index is -0.494. The molecule has 5 aromatic carbocycles. The van der Waals surface area contributed by atoms with E-state index in [0.717, 1.165) is 21.4 Å². The summed E-state index contributed by atoms with van der Waals surface area (Å²) in [6.07, 6.45) is 0. The predicted molar refractivity (Wildman–Crippen MR) is 149 cm³/mol. The first kappa shape index (κ1) is 23.1. The molecule has 0 aliphatic carbocycles. The molecule has 0 bridgehead atoms. The van der Waals surface area contributed by atoms with Gasteiger partial charge in [-0.1, -0.05) is 119 Å².